The molecule has 7 heteroatoms. The van der Waals surface area contributed by atoms with Gasteiger partial charge >= 0.3 is 0 Å². The van der Waals surface area contributed by atoms with Gasteiger partial charge in [0.15, 0.2) is 5.16 Å². The van der Waals surface area contributed by atoms with Crippen LogP contribution in [0.15, 0.2) is 54.2 Å². The first-order chi connectivity index (χ1) is 12.1. The summed E-state index contributed by atoms with van der Waals surface area (Å²) in [5.74, 6) is 0.722. The number of fused-ring (bicyclic) bond motifs is 1. The third-order valence-corrected chi connectivity index (χ3v) is 5.41. The summed E-state index contributed by atoms with van der Waals surface area (Å²) in [7, 11) is 0. The maximum absolute atomic E-state index is 6.24. The summed E-state index contributed by atoms with van der Waals surface area (Å²) in [5, 5.41) is 9.82. The third kappa shape index (κ3) is 3.15. The van der Waals surface area contributed by atoms with Crippen LogP contribution in [-0.2, 0) is 5.75 Å². The molecule has 4 rings (SSSR count). The Bertz CT molecular complexity index is 1050. The van der Waals surface area contributed by atoms with E-state index in [-0.39, 0.29) is 0 Å². The molecule has 4 aromatic rings. The maximum Gasteiger partial charge on any atom is 0.195 e. The highest BCUT2D eigenvalue weighted by atomic mass is 35.5. The van der Waals surface area contributed by atoms with E-state index in [1.54, 1.807) is 18.1 Å². The van der Waals surface area contributed by atoms with Gasteiger partial charge in [-0.3, -0.25) is 4.57 Å². The number of hydrogen-bond acceptors (Lipinski definition) is 4. The summed E-state index contributed by atoms with van der Waals surface area (Å²) >= 11 is 7.85. The predicted molar refractivity (Wildman–Crippen MR) is 101 cm³/mol. The van der Waals surface area contributed by atoms with E-state index in [4.69, 9.17) is 16.6 Å². The van der Waals surface area contributed by atoms with Crippen molar-refractivity contribution >= 4 is 29.0 Å². The van der Waals surface area contributed by atoms with Gasteiger partial charge in [0.2, 0.25) is 0 Å². The fourth-order valence-electron chi connectivity index (χ4n) is 2.64. The first-order valence-electron chi connectivity index (χ1n) is 7.84. The molecule has 0 unspecified atom stereocenters. The number of hydrogen-bond donors (Lipinski definition) is 0. The number of thioether (sulfide) groups is 1. The van der Waals surface area contributed by atoms with Crippen molar-refractivity contribution in [3.8, 4) is 5.69 Å². The minimum Gasteiger partial charge on any atom is -0.307 e. The molecule has 0 fully saturated rings. The van der Waals surface area contributed by atoms with Gasteiger partial charge in [-0.15, -0.1) is 10.2 Å². The van der Waals surface area contributed by atoms with E-state index in [0.29, 0.717) is 0 Å². The Morgan fingerprint density at radius 3 is 2.84 bits per heavy atom. The number of imidazole rings is 1. The van der Waals surface area contributed by atoms with E-state index >= 15 is 0 Å². The Morgan fingerprint density at radius 2 is 2.04 bits per heavy atom. The first-order valence-corrected chi connectivity index (χ1v) is 9.21. The van der Waals surface area contributed by atoms with E-state index < -0.39 is 0 Å². The number of pyridine rings is 1. The standard InChI is InChI=1S/C18H16ClN5S/c1-12-5-6-15(8-16(12)19)24-11-20-22-18(24)25-10-14-9-23-7-3-4-13(2)17(23)21-14/h3-9,11H,10H2,1-2H3. The monoisotopic (exact) mass is 369 g/mol. The lowest BCUT2D eigenvalue weighted by Gasteiger charge is -2.07. The second kappa shape index (κ2) is 6.54. The molecule has 126 valence electrons. The van der Waals surface area contributed by atoms with Crippen molar-refractivity contribution in [2.45, 2.75) is 24.8 Å². The number of aryl methyl sites for hydroxylation is 2. The van der Waals surface area contributed by atoms with Gasteiger partial charge in [0.25, 0.3) is 0 Å². The lowest BCUT2D eigenvalue weighted by molar-refractivity contribution is 0.883. The minimum atomic E-state index is 0.722. The second-order valence-corrected chi connectivity index (χ2v) is 7.21. The van der Waals surface area contributed by atoms with Crippen LogP contribution < -0.4 is 0 Å². The molecule has 0 N–H and O–H groups in total. The molecular weight excluding hydrogens is 354 g/mol. The summed E-state index contributed by atoms with van der Waals surface area (Å²) in [6, 6.07) is 10.0. The zero-order valence-electron chi connectivity index (χ0n) is 13.8. The lowest BCUT2D eigenvalue weighted by atomic mass is 10.2. The van der Waals surface area contributed by atoms with Crippen LogP contribution >= 0.6 is 23.4 Å². The number of aromatic nitrogens is 5. The zero-order valence-corrected chi connectivity index (χ0v) is 15.4. The largest absolute Gasteiger partial charge is 0.307 e. The van der Waals surface area contributed by atoms with Crippen LogP contribution in [0, 0.1) is 13.8 Å². The van der Waals surface area contributed by atoms with Crippen molar-refractivity contribution in [3.63, 3.8) is 0 Å². The Labute approximate surface area is 154 Å². The minimum absolute atomic E-state index is 0.722. The van der Waals surface area contributed by atoms with Gasteiger partial charge in [0.1, 0.15) is 12.0 Å². The smallest absolute Gasteiger partial charge is 0.195 e. The predicted octanol–water partition coefficient (Wildman–Crippen LogP) is 4.48. The van der Waals surface area contributed by atoms with E-state index in [2.05, 4.69) is 33.8 Å². The fourth-order valence-corrected chi connectivity index (χ4v) is 3.63. The summed E-state index contributed by atoms with van der Waals surface area (Å²) in [6.07, 6.45) is 5.77. The van der Waals surface area contributed by atoms with Crippen LogP contribution in [0.1, 0.15) is 16.8 Å². The number of nitrogens with zero attached hydrogens (tertiary/aromatic N) is 5. The summed E-state index contributed by atoms with van der Waals surface area (Å²) < 4.78 is 3.99. The van der Waals surface area contributed by atoms with Gasteiger partial charge in [-0.1, -0.05) is 35.5 Å². The van der Waals surface area contributed by atoms with Crippen molar-refractivity contribution in [1.29, 1.82) is 0 Å². The Morgan fingerprint density at radius 1 is 1.16 bits per heavy atom. The topological polar surface area (TPSA) is 48.0 Å². The van der Waals surface area contributed by atoms with Crippen LogP contribution in [0.25, 0.3) is 11.3 Å². The molecule has 0 saturated carbocycles. The van der Waals surface area contributed by atoms with Crippen LogP contribution in [-0.4, -0.2) is 24.1 Å². The average Bonchev–Trinajstić information content (AvgIpc) is 3.22. The van der Waals surface area contributed by atoms with E-state index in [1.165, 1.54) is 0 Å². The normalized spacial score (nSPS) is 11.3. The van der Waals surface area contributed by atoms with Crippen LogP contribution in [0.4, 0.5) is 0 Å². The molecule has 3 heterocycles. The highest BCUT2D eigenvalue weighted by Crippen LogP contribution is 2.26. The van der Waals surface area contributed by atoms with Crippen LogP contribution in [0.5, 0.6) is 0 Å². The lowest BCUT2D eigenvalue weighted by Crippen LogP contribution is -1.96. The van der Waals surface area contributed by atoms with Crippen LogP contribution in [0.2, 0.25) is 5.02 Å². The average molecular weight is 370 g/mol. The molecular formula is C18H16ClN5S. The Balaban J connectivity index is 1.58. The molecule has 0 aliphatic carbocycles. The molecule has 0 bridgehead atoms. The second-order valence-electron chi connectivity index (χ2n) is 5.86. The quantitative estimate of drug-likeness (QED) is 0.498. The van der Waals surface area contributed by atoms with Gasteiger partial charge in [-0.25, -0.2) is 4.98 Å². The fraction of sp³-hybridized carbons (Fsp3) is 0.167. The van der Waals surface area contributed by atoms with Crippen LogP contribution in [0.3, 0.4) is 0 Å². The summed E-state index contributed by atoms with van der Waals surface area (Å²) in [5.41, 5.74) is 5.17. The number of benzene rings is 1. The van der Waals surface area contributed by atoms with Crippen molar-refractivity contribution in [2.24, 2.45) is 0 Å². The van der Waals surface area contributed by atoms with E-state index in [9.17, 15) is 0 Å². The van der Waals surface area contributed by atoms with Crippen molar-refractivity contribution < 1.29 is 0 Å². The van der Waals surface area contributed by atoms with Crippen molar-refractivity contribution in [2.75, 3.05) is 0 Å². The van der Waals surface area contributed by atoms with Crippen molar-refractivity contribution in [1.82, 2.24) is 24.1 Å². The Kier molecular flexibility index (Phi) is 4.23. The molecule has 0 radical (unpaired) electrons. The number of rotatable bonds is 4. The third-order valence-electron chi connectivity index (χ3n) is 4.03. The molecule has 0 amide bonds. The first kappa shape index (κ1) is 16.2. The van der Waals surface area contributed by atoms with Gasteiger partial charge in [0, 0.05) is 23.2 Å². The molecule has 0 atom stereocenters. The van der Waals surface area contributed by atoms with Crippen molar-refractivity contribution in [3.05, 3.63) is 70.9 Å². The Hall–Kier alpha value is -2.31. The van der Waals surface area contributed by atoms with Gasteiger partial charge < -0.3 is 4.40 Å². The van der Waals surface area contributed by atoms with Gasteiger partial charge in [-0.2, -0.15) is 0 Å². The summed E-state index contributed by atoms with van der Waals surface area (Å²) in [4.78, 5) is 4.70. The van der Waals surface area contributed by atoms with Gasteiger partial charge in [-0.05, 0) is 43.2 Å². The van der Waals surface area contributed by atoms with Gasteiger partial charge in [0.05, 0.1) is 11.4 Å². The number of halogens is 1. The van der Waals surface area contributed by atoms with E-state index in [1.807, 2.05) is 42.0 Å². The molecule has 0 aliphatic heterocycles. The molecule has 3 aromatic heterocycles. The highest BCUT2D eigenvalue weighted by Gasteiger charge is 2.10. The molecule has 1 aromatic carbocycles. The highest BCUT2D eigenvalue weighted by molar-refractivity contribution is 7.98. The SMILES string of the molecule is Cc1ccc(-n2cnnc2SCc2cn3cccc(C)c3n2)cc1Cl. The molecule has 5 nitrogen and oxygen atoms in total. The molecule has 0 saturated heterocycles. The molecule has 25 heavy (non-hydrogen) atoms. The molecule has 0 spiro atoms. The maximum atomic E-state index is 6.24. The molecule has 0 aliphatic rings. The van der Waals surface area contributed by atoms with E-state index in [0.717, 1.165) is 44.1 Å². The summed E-state index contributed by atoms with van der Waals surface area (Å²) in [6.45, 7) is 4.05. The zero-order chi connectivity index (χ0) is 17.4.